The first-order valence-electron chi connectivity index (χ1n) is 8.65. The van der Waals surface area contributed by atoms with E-state index in [0.717, 1.165) is 42.1 Å². The van der Waals surface area contributed by atoms with Gasteiger partial charge in [-0.15, -0.1) is 0 Å². The van der Waals surface area contributed by atoms with Crippen molar-refractivity contribution in [3.8, 4) is 0 Å². The van der Waals surface area contributed by atoms with Crippen LogP contribution < -0.4 is 5.32 Å². The van der Waals surface area contributed by atoms with E-state index in [1.54, 1.807) is 11.1 Å². The van der Waals surface area contributed by atoms with Crippen LogP contribution in [0.3, 0.4) is 0 Å². The molecule has 1 saturated heterocycles. The van der Waals surface area contributed by atoms with Crippen LogP contribution in [0.1, 0.15) is 31.2 Å². The molecule has 2 heterocycles. The van der Waals surface area contributed by atoms with Gasteiger partial charge in [0, 0.05) is 24.2 Å². The first kappa shape index (κ1) is 15.1. The van der Waals surface area contributed by atoms with Crippen molar-refractivity contribution in [1.29, 1.82) is 0 Å². The minimum atomic E-state index is -0.305. The average molecular weight is 323 g/mol. The number of nitrogens with one attached hydrogen (secondary N) is 1. The SMILES string of the molecule is O=C(NC1CC1)C1CCCN1C(=O)Cc1cccc2cccnc12. The zero-order valence-electron chi connectivity index (χ0n) is 13.6. The van der Waals surface area contributed by atoms with E-state index in [1.807, 2.05) is 30.3 Å². The number of hydrogen-bond donors (Lipinski definition) is 1. The Morgan fingerprint density at radius 3 is 2.83 bits per heavy atom. The second-order valence-corrected chi connectivity index (χ2v) is 6.70. The summed E-state index contributed by atoms with van der Waals surface area (Å²) in [6.45, 7) is 0.666. The lowest BCUT2D eigenvalue weighted by molar-refractivity contribution is -0.138. The molecule has 5 heteroatoms. The molecular weight excluding hydrogens is 302 g/mol. The monoisotopic (exact) mass is 323 g/mol. The van der Waals surface area contributed by atoms with Gasteiger partial charge in [0.2, 0.25) is 11.8 Å². The number of aromatic nitrogens is 1. The lowest BCUT2D eigenvalue weighted by atomic mass is 10.1. The number of para-hydroxylation sites is 1. The number of carbonyl (C=O) groups is 2. The Bertz CT molecular complexity index is 780. The number of fused-ring (bicyclic) bond motifs is 1. The Labute approximate surface area is 141 Å². The topological polar surface area (TPSA) is 62.3 Å². The highest BCUT2D eigenvalue weighted by Crippen LogP contribution is 2.24. The molecule has 2 fully saturated rings. The van der Waals surface area contributed by atoms with Gasteiger partial charge >= 0.3 is 0 Å². The molecule has 1 unspecified atom stereocenters. The minimum Gasteiger partial charge on any atom is -0.352 e. The van der Waals surface area contributed by atoms with Crippen molar-refractivity contribution in [1.82, 2.24) is 15.2 Å². The van der Waals surface area contributed by atoms with Gasteiger partial charge in [0.25, 0.3) is 0 Å². The summed E-state index contributed by atoms with van der Waals surface area (Å²) in [5.41, 5.74) is 1.79. The maximum absolute atomic E-state index is 12.8. The predicted octanol–water partition coefficient (Wildman–Crippen LogP) is 2.05. The molecule has 1 N–H and O–H groups in total. The summed E-state index contributed by atoms with van der Waals surface area (Å²) < 4.78 is 0. The summed E-state index contributed by atoms with van der Waals surface area (Å²) in [5, 5.41) is 4.06. The number of rotatable bonds is 4. The molecule has 1 aromatic carbocycles. The Morgan fingerprint density at radius 1 is 1.17 bits per heavy atom. The van der Waals surface area contributed by atoms with Crippen LogP contribution >= 0.6 is 0 Å². The lowest BCUT2D eigenvalue weighted by Crippen LogP contribution is -2.47. The molecule has 0 radical (unpaired) electrons. The van der Waals surface area contributed by atoms with Crippen LogP contribution in [0.5, 0.6) is 0 Å². The maximum Gasteiger partial charge on any atom is 0.243 e. The fraction of sp³-hybridized carbons (Fsp3) is 0.421. The van der Waals surface area contributed by atoms with E-state index in [2.05, 4.69) is 10.3 Å². The highest BCUT2D eigenvalue weighted by atomic mass is 16.2. The third-order valence-electron chi connectivity index (χ3n) is 4.86. The van der Waals surface area contributed by atoms with E-state index >= 15 is 0 Å². The number of nitrogens with zero attached hydrogens (tertiary/aromatic N) is 2. The van der Waals surface area contributed by atoms with Crippen molar-refractivity contribution in [2.75, 3.05) is 6.54 Å². The molecule has 1 aromatic heterocycles. The van der Waals surface area contributed by atoms with Gasteiger partial charge in [-0.05, 0) is 37.3 Å². The molecule has 124 valence electrons. The van der Waals surface area contributed by atoms with E-state index in [4.69, 9.17) is 0 Å². The fourth-order valence-corrected chi connectivity index (χ4v) is 3.44. The molecule has 5 nitrogen and oxygen atoms in total. The van der Waals surface area contributed by atoms with E-state index in [9.17, 15) is 9.59 Å². The summed E-state index contributed by atoms with van der Waals surface area (Å²) in [5.74, 6) is 0.0287. The van der Waals surface area contributed by atoms with Gasteiger partial charge in [0.15, 0.2) is 0 Å². The number of hydrogen-bond acceptors (Lipinski definition) is 3. The van der Waals surface area contributed by atoms with Gasteiger partial charge in [-0.3, -0.25) is 14.6 Å². The Kier molecular flexibility index (Phi) is 3.92. The molecule has 1 aliphatic carbocycles. The second kappa shape index (κ2) is 6.23. The van der Waals surface area contributed by atoms with E-state index in [-0.39, 0.29) is 17.9 Å². The van der Waals surface area contributed by atoms with E-state index < -0.39 is 0 Å². The summed E-state index contributed by atoms with van der Waals surface area (Å²) in [4.78, 5) is 31.3. The highest BCUT2D eigenvalue weighted by molar-refractivity contribution is 5.91. The number of pyridine rings is 1. The zero-order chi connectivity index (χ0) is 16.5. The molecule has 24 heavy (non-hydrogen) atoms. The number of likely N-dealkylation sites (tertiary alicyclic amines) is 1. The highest BCUT2D eigenvalue weighted by Gasteiger charge is 2.36. The van der Waals surface area contributed by atoms with Crippen LogP contribution in [0.15, 0.2) is 36.5 Å². The number of amides is 2. The lowest BCUT2D eigenvalue weighted by Gasteiger charge is -2.24. The largest absolute Gasteiger partial charge is 0.352 e. The maximum atomic E-state index is 12.8. The number of benzene rings is 1. The molecule has 2 aromatic rings. The first-order valence-corrected chi connectivity index (χ1v) is 8.65. The molecule has 2 amide bonds. The minimum absolute atomic E-state index is 0.0133. The molecule has 0 spiro atoms. The first-order chi connectivity index (χ1) is 11.7. The molecule has 1 saturated carbocycles. The van der Waals surface area contributed by atoms with E-state index in [1.165, 1.54) is 0 Å². The molecule has 0 bridgehead atoms. The summed E-state index contributed by atoms with van der Waals surface area (Å²) in [7, 11) is 0. The smallest absolute Gasteiger partial charge is 0.243 e. The average Bonchev–Trinajstić information content (AvgIpc) is 3.26. The van der Waals surface area contributed by atoms with Gasteiger partial charge in [0.1, 0.15) is 6.04 Å². The van der Waals surface area contributed by atoms with Gasteiger partial charge in [-0.2, -0.15) is 0 Å². The molecule has 4 rings (SSSR count). The van der Waals surface area contributed by atoms with Crippen molar-refractivity contribution >= 4 is 22.7 Å². The predicted molar refractivity (Wildman–Crippen MR) is 91.3 cm³/mol. The van der Waals surface area contributed by atoms with Crippen LogP contribution in [-0.4, -0.2) is 40.3 Å². The Hall–Kier alpha value is -2.43. The normalized spacial score (nSPS) is 20.3. The third kappa shape index (κ3) is 2.98. The van der Waals surface area contributed by atoms with Gasteiger partial charge in [-0.25, -0.2) is 0 Å². The van der Waals surface area contributed by atoms with Crippen LogP contribution in [0.2, 0.25) is 0 Å². The van der Waals surface area contributed by atoms with Gasteiger partial charge in [-0.1, -0.05) is 24.3 Å². The molecule has 1 atom stereocenters. The fourth-order valence-electron chi connectivity index (χ4n) is 3.44. The van der Waals surface area contributed by atoms with Crippen molar-refractivity contribution in [2.24, 2.45) is 0 Å². The van der Waals surface area contributed by atoms with Crippen molar-refractivity contribution in [2.45, 2.75) is 44.2 Å². The van der Waals surface area contributed by atoms with Gasteiger partial charge < -0.3 is 10.2 Å². The quantitative estimate of drug-likeness (QED) is 0.937. The standard InChI is InChI=1S/C19H21N3O2/c23-17(12-14-5-1-4-13-6-2-10-20-18(13)14)22-11-3-7-16(22)19(24)21-15-8-9-15/h1-2,4-6,10,15-16H,3,7-9,11-12H2,(H,21,24). The third-order valence-corrected chi connectivity index (χ3v) is 4.86. The second-order valence-electron chi connectivity index (χ2n) is 6.70. The van der Waals surface area contributed by atoms with Crippen molar-refractivity contribution in [3.63, 3.8) is 0 Å². The molecule has 1 aliphatic heterocycles. The van der Waals surface area contributed by atoms with Crippen LogP contribution in [0.4, 0.5) is 0 Å². The Balaban J connectivity index is 1.51. The summed E-state index contributed by atoms with van der Waals surface area (Å²) >= 11 is 0. The zero-order valence-corrected chi connectivity index (χ0v) is 13.6. The van der Waals surface area contributed by atoms with Gasteiger partial charge in [0.05, 0.1) is 11.9 Å². The van der Waals surface area contributed by atoms with Crippen LogP contribution in [-0.2, 0) is 16.0 Å². The Morgan fingerprint density at radius 2 is 2.00 bits per heavy atom. The molecular formula is C19H21N3O2. The number of carbonyl (C=O) groups excluding carboxylic acids is 2. The van der Waals surface area contributed by atoms with Crippen molar-refractivity contribution < 1.29 is 9.59 Å². The van der Waals surface area contributed by atoms with Crippen molar-refractivity contribution in [3.05, 3.63) is 42.1 Å². The summed E-state index contributed by atoms with van der Waals surface area (Å²) in [6, 6.07) is 9.82. The molecule has 2 aliphatic rings. The van der Waals surface area contributed by atoms with Crippen LogP contribution in [0.25, 0.3) is 10.9 Å². The summed E-state index contributed by atoms with van der Waals surface area (Å²) in [6.07, 6.45) is 5.82. The van der Waals surface area contributed by atoms with Crippen LogP contribution in [0, 0.1) is 0 Å². The van der Waals surface area contributed by atoms with E-state index in [0.29, 0.717) is 19.0 Å².